The number of ether oxygens (including phenoxy) is 1. The van der Waals surface area contributed by atoms with Crippen molar-refractivity contribution in [3.8, 4) is 0 Å². The Hall–Kier alpha value is -0.0600. The zero-order chi connectivity index (χ0) is 12.1. The summed E-state index contributed by atoms with van der Waals surface area (Å²) in [7, 11) is 0. The molecule has 0 aromatic heterocycles. The van der Waals surface area contributed by atoms with Crippen LogP contribution in [0.15, 0.2) is 12.8 Å². The second-order valence-electron chi connectivity index (χ2n) is 3.92. The molecule has 0 bridgehead atoms. The van der Waals surface area contributed by atoms with E-state index < -0.39 is 0 Å². The predicted molar refractivity (Wildman–Crippen MR) is 76.7 cm³/mol. The van der Waals surface area contributed by atoms with Crippen LogP contribution in [-0.4, -0.2) is 10.4 Å². The van der Waals surface area contributed by atoms with Crippen molar-refractivity contribution in [3.05, 3.63) is 12.8 Å². The molecular formula is C13H23IO2. The van der Waals surface area contributed by atoms with E-state index in [-0.39, 0.29) is 5.97 Å². The summed E-state index contributed by atoms with van der Waals surface area (Å²) in [6, 6.07) is 0. The molecule has 0 fully saturated rings. The van der Waals surface area contributed by atoms with Crippen molar-refractivity contribution in [2.75, 3.05) is 4.43 Å². The normalized spacial score (nSPS) is 10.1. The topological polar surface area (TPSA) is 26.3 Å². The van der Waals surface area contributed by atoms with E-state index >= 15 is 0 Å². The molecular weight excluding hydrogens is 315 g/mol. The zero-order valence-corrected chi connectivity index (χ0v) is 12.2. The molecule has 0 aliphatic rings. The molecule has 0 atom stereocenters. The predicted octanol–water partition coefficient (Wildman–Crippen LogP) is 4.62. The fraction of sp³-hybridized carbons (Fsp3) is 0.769. The third-order valence-electron chi connectivity index (χ3n) is 2.48. The molecule has 0 amide bonds. The lowest BCUT2D eigenvalue weighted by Gasteiger charge is -2.01. The molecule has 0 radical (unpaired) electrons. The van der Waals surface area contributed by atoms with Crippen molar-refractivity contribution in [2.24, 2.45) is 0 Å². The van der Waals surface area contributed by atoms with Gasteiger partial charge in [0.05, 0.1) is 6.26 Å². The maximum absolute atomic E-state index is 11.0. The van der Waals surface area contributed by atoms with Crippen LogP contribution in [0.25, 0.3) is 0 Å². The Morgan fingerprint density at radius 3 is 2.00 bits per heavy atom. The van der Waals surface area contributed by atoms with Crippen molar-refractivity contribution in [1.29, 1.82) is 0 Å². The molecule has 0 aliphatic carbocycles. The third kappa shape index (κ3) is 12.0. The zero-order valence-electron chi connectivity index (χ0n) is 10.0. The molecule has 0 rings (SSSR count). The van der Waals surface area contributed by atoms with Gasteiger partial charge >= 0.3 is 5.97 Å². The van der Waals surface area contributed by atoms with Crippen molar-refractivity contribution in [1.82, 2.24) is 0 Å². The van der Waals surface area contributed by atoms with Crippen molar-refractivity contribution in [2.45, 2.75) is 57.8 Å². The highest BCUT2D eigenvalue weighted by Crippen LogP contribution is 2.10. The number of halogens is 1. The first kappa shape index (κ1) is 15.9. The smallest absolute Gasteiger partial charge is 0.310 e. The van der Waals surface area contributed by atoms with Gasteiger partial charge in [0.15, 0.2) is 0 Å². The second-order valence-corrected chi connectivity index (χ2v) is 5.00. The minimum absolute atomic E-state index is 0.156. The van der Waals surface area contributed by atoms with E-state index in [1.165, 1.54) is 49.2 Å². The standard InChI is InChI=1S/C13H23IO2/c1-2-16-13(15)11-9-7-5-3-4-6-8-10-12-14/h2H,1,3-12H2. The van der Waals surface area contributed by atoms with E-state index in [0.29, 0.717) is 6.42 Å². The van der Waals surface area contributed by atoms with Gasteiger partial charge < -0.3 is 4.74 Å². The number of hydrogen-bond acceptors (Lipinski definition) is 2. The molecule has 0 saturated carbocycles. The molecule has 0 aromatic rings. The fourth-order valence-corrected chi connectivity index (χ4v) is 2.12. The summed E-state index contributed by atoms with van der Waals surface area (Å²) in [5, 5.41) is 0. The summed E-state index contributed by atoms with van der Waals surface area (Å²) < 4.78 is 5.92. The second kappa shape index (κ2) is 13.0. The van der Waals surface area contributed by atoms with Crippen LogP contribution >= 0.6 is 22.6 Å². The number of rotatable bonds is 11. The maximum Gasteiger partial charge on any atom is 0.310 e. The number of hydrogen-bond donors (Lipinski definition) is 0. The first-order valence-corrected chi connectivity index (χ1v) is 7.70. The van der Waals surface area contributed by atoms with E-state index in [2.05, 4.69) is 33.9 Å². The largest absolute Gasteiger partial charge is 0.435 e. The highest BCUT2D eigenvalue weighted by molar-refractivity contribution is 14.1. The minimum Gasteiger partial charge on any atom is -0.435 e. The number of carbonyl (C=O) groups is 1. The Labute approximate surface area is 113 Å². The lowest BCUT2D eigenvalue weighted by molar-refractivity contribution is -0.138. The van der Waals surface area contributed by atoms with Crippen LogP contribution in [0.3, 0.4) is 0 Å². The molecule has 94 valence electrons. The molecule has 0 saturated heterocycles. The molecule has 0 heterocycles. The van der Waals surface area contributed by atoms with Gasteiger partial charge in [-0.3, -0.25) is 4.79 Å². The Kier molecular flexibility index (Phi) is 13.0. The van der Waals surface area contributed by atoms with Crippen LogP contribution < -0.4 is 0 Å². The average Bonchev–Trinajstić information content (AvgIpc) is 2.27. The van der Waals surface area contributed by atoms with Gasteiger partial charge in [0.1, 0.15) is 0 Å². The Bertz CT molecular complexity index is 181. The van der Waals surface area contributed by atoms with Crippen molar-refractivity contribution in [3.63, 3.8) is 0 Å². The van der Waals surface area contributed by atoms with Gasteiger partial charge in [0.25, 0.3) is 0 Å². The van der Waals surface area contributed by atoms with E-state index in [9.17, 15) is 4.79 Å². The van der Waals surface area contributed by atoms with Crippen LogP contribution in [0, 0.1) is 0 Å². The highest BCUT2D eigenvalue weighted by atomic mass is 127. The summed E-state index contributed by atoms with van der Waals surface area (Å²) >= 11 is 2.43. The maximum atomic E-state index is 11.0. The van der Waals surface area contributed by atoms with Gasteiger partial charge in [-0.2, -0.15) is 0 Å². The minimum atomic E-state index is -0.156. The first-order valence-electron chi connectivity index (χ1n) is 6.17. The molecule has 0 spiro atoms. The van der Waals surface area contributed by atoms with Gasteiger partial charge in [-0.05, 0) is 17.3 Å². The third-order valence-corrected chi connectivity index (χ3v) is 3.24. The molecule has 2 nitrogen and oxygen atoms in total. The Balaban J connectivity index is 3.03. The van der Waals surface area contributed by atoms with Gasteiger partial charge in [0.2, 0.25) is 0 Å². The summed E-state index contributed by atoms with van der Waals surface area (Å²) in [6.45, 7) is 3.35. The first-order chi connectivity index (χ1) is 7.81. The molecule has 3 heteroatoms. The van der Waals surface area contributed by atoms with Crippen LogP contribution in [0.5, 0.6) is 0 Å². The summed E-state index contributed by atoms with van der Waals surface area (Å²) in [5.74, 6) is -0.156. The van der Waals surface area contributed by atoms with Gasteiger partial charge in [-0.15, -0.1) is 0 Å². The van der Waals surface area contributed by atoms with Crippen LogP contribution in [0.2, 0.25) is 0 Å². The van der Waals surface area contributed by atoms with E-state index in [0.717, 1.165) is 12.8 Å². The van der Waals surface area contributed by atoms with E-state index in [1.807, 2.05) is 0 Å². The lowest BCUT2D eigenvalue weighted by atomic mass is 10.1. The monoisotopic (exact) mass is 338 g/mol. The highest BCUT2D eigenvalue weighted by Gasteiger charge is 1.99. The van der Waals surface area contributed by atoms with Crippen molar-refractivity contribution >= 4 is 28.6 Å². The Morgan fingerprint density at radius 2 is 1.50 bits per heavy atom. The van der Waals surface area contributed by atoms with Crippen LogP contribution in [-0.2, 0) is 9.53 Å². The number of unbranched alkanes of at least 4 members (excludes halogenated alkanes) is 7. The van der Waals surface area contributed by atoms with E-state index in [1.54, 1.807) is 0 Å². The summed E-state index contributed by atoms with van der Waals surface area (Å²) in [4.78, 5) is 11.0. The Morgan fingerprint density at radius 1 is 1.00 bits per heavy atom. The lowest BCUT2D eigenvalue weighted by Crippen LogP contribution is -1.98. The molecule has 0 N–H and O–H groups in total. The molecule has 0 aliphatic heterocycles. The number of esters is 1. The fourth-order valence-electron chi connectivity index (χ4n) is 1.58. The van der Waals surface area contributed by atoms with E-state index in [4.69, 9.17) is 0 Å². The summed E-state index contributed by atoms with van der Waals surface area (Å²) in [6.07, 6.45) is 11.8. The van der Waals surface area contributed by atoms with Crippen LogP contribution in [0.4, 0.5) is 0 Å². The quantitative estimate of drug-likeness (QED) is 0.181. The molecule has 0 aromatic carbocycles. The van der Waals surface area contributed by atoms with Gasteiger partial charge in [-0.1, -0.05) is 67.7 Å². The number of alkyl halides is 1. The molecule has 16 heavy (non-hydrogen) atoms. The van der Waals surface area contributed by atoms with Crippen LogP contribution in [0.1, 0.15) is 57.8 Å². The van der Waals surface area contributed by atoms with Crippen molar-refractivity contribution < 1.29 is 9.53 Å². The SMILES string of the molecule is C=COC(=O)CCCCCCCCCCI. The molecule has 0 unspecified atom stereocenters. The average molecular weight is 338 g/mol. The summed E-state index contributed by atoms with van der Waals surface area (Å²) in [5.41, 5.74) is 0. The van der Waals surface area contributed by atoms with Gasteiger partial charge in [-0.25, -0.2) is 0 Å². The van der Waals surface area contributed by atoms with Gasteiger partial charge in [0, 0.05) is 6.42 Å². The number of carbonyl (C=O) groups excluding carboxylic acids is 1.